The van der Waals surface area contributed by atoms with Crippen LogP contribution in [0.3, 0.4) is 0 Å². The van der Waals surface area contributed by atoms with Gasteiger partial charge in [0.1, 0.15) is 12.2 Å². The van der Waals surface area contributed by atoms with E-state index in [4.69, 9.17) is 18.9 Å². The van der Waals surface area contributed by atoms with Gasteiger partial charge in [0.2, 0.25) is 0 Å². The molecule has 0 unspecified atom stereocenters. The topological polar surface area (TPSA) is 112 Å². The van der Waals surface area contributed by atoms with Crippen molar-refractivity contribution in [3.8, 4) is 23.0 Å². The van der Waals surface area contributed by atoms with Gasteiger partial charge in [0.05, 0.1) is 14.2 Å². The maximum atomic E-state index is 13.2. The van der Waals surface area contributed by atoms with E-state index in [1.54, 1.807) is 12.1 Å². The van der Waals surface area contributed by atoms with Gasteiger partial charge in [-0.15, -0.1) is 0 Å². The average Bonchev–Trinajstić information content (AvgIpc) is 3.08. The predicted molar refractivity (Wildman–Crippen MR) is 189 cm³/mol. The number of rotatable bonds is 12. The van der Waals surface area contributed by atoms with Crippen LogP contribution in [0.1, 0.15) is 93.4 Å². The number of esters is 2. The van der Waals surface area contributed by atoms with Crippen LogP contribution in [0.25, 0.3) is 6.08 Å². The SMILES string of the molecule is CCCCCCC(=O)O[C@H]1C[C@@H](c2ccc(O)c(OC)c2)C[C@]2(/C=C/c3ccccc3)Cc3cc(O)c(OC)cc3C[C@H]2[C@H](OC(C)=O)C1. The summed E-state index contributed by atoms with van der Waals surface area (Å²) in [5, 5.41) is 21.3. The van der Waals surface area contributed by atoms with E-state index in [-0.39, 0.29) is 35.3 Å². The number of hydrogen-bond acceptors (Lipinski definition) is 8. The molecule has 5 rings (SSSR count). The largest absolute Gasteiger partial charge is 0.504 e. The Labute approximate surface area is 290 Å². The second kappa shape index (κ2) is 16.3. The van der Waals surface area contributed by atoms with Gasteiger partial charge in [0, 0.05) is 25.7 Å². The smallest absolute Gasteiger partial charge is 0.306 e. The Morgan fingerprint density at radius 3 is 2.35 bits per heavy atom. The van der Waals surface area contributed by atoms with Crippen molar-refractivity contribution >= 4 is 18.0 Å². The molecule has 262 valence electrons. The lowest BCUT2D eigenvalue weighted by atomic mass is 9.56. The molecule has 1 fully saturated rings. The highest BCUT2D eigenvalue weighted by atomic mass is 16.6. The summed E-state index contributed by atoms with van der Waals surface area (Å²) in [6, 6.07) is 19.2. The number of carbonyl (C=O) groups excluding carboxylic acids is 2. The molecule has 3 aromatic carbocycles. The number of allylic oxidation sites excluding steroid dienone is 1. The third kappa shape index (κ3) is 8.77. The summed E-state index contributed by atoms with van der Waals surface area (Å²) in [5.41, 5.74) is 3.50. The Kier molecular flexibility index (Phi) is 11.9. The minimum atomic E-state index is -0.543. The van der Waals surface area contributed by atoms with Crippen LogP contribution in [0.2, 0.25) is 0 Å². The molecule has 0 aromatic heterocycles. The van der Waals surface area contributed by atoms with Crippen LogP contribution in [-0.4, -0.2) is 48.6 Å². The molecule has 0 saturated heterocycles. The van der Waals surface area contributed by atoms with Crippen LogP contribution in [0.5, 0.6) is 23.0 Å². The fourth-order valence-electron chi connectivity index (χ4n) is 7.86. The van der Waals surface area contributed by atoms with Gasteiger partial charge in [-0.05, 0) is 90.0 Å². The first-order valence-corrected chi connectivity index (χ1v) is 17.5. The lowest BCUT2D eigenvalue weighted by molar-refractivity contribution is -0.161. The summed E-state index contributed by atoms with van der Waals surface area (Å²) in [6.45, 7) is 3.57. The number of benzene rings is 3. The lowest BCUT2D eigenvalue weighted by Gasteiger charge is -2.50. The Hall–Kier alpha value is -4.46. The molecule has 3 aromatic rings. The Bertz CT molecular complexity index is 1620. The fourth-order valence-corrected chi connectivity index (χ4v) is 7.86. The third-order valence-corrected chi connectivity index (χ3v) is 10.2. The van der Waals surface area contributed by atoms with Gasteiger partial charge in [-0.25, -0.2) is 0 Å². The highest BCUT2D eigenvalue weighted by molar-refractivity contribution is 5.69. The summed E-state index contributed by atoms with van der Waals surface area (Å²) >= 11 is 0. The van der Waals surface area contributed by atoms with E-state index in [1.807, 2.05) is 36.4 Å². The molecule has 2 aliphatic rings. The van der Waals surface area contributed by atoms with Crippen molar-refractivity contribution in [2.45, 2.75) is 96.2 Å². The minimum absolute atomic E-state index is 0.0506. The van der Waals surface area contributed by atoms with Gasteiger partial charge in [-0.1, -0.05) is 74.7 Å². The van der Waals surface area contributed by atoms with Crippen molar-refractivity contribution < 1.29 is 38.7 Å². The molecule has 0 aliphatic heterocycles. The maximum Gasteiger partial charge on any atom is 0.306 e. The molecule has 0 bridgehead atoms. The van der Waals surface area contributed by atoms with Crippen molar-refractivity contribution in [2.75, 3.05) is 14.2 Å². The van der Waals surface area contributed by atoms with Crippen molar-refractivity contribution in [3.63, 3.8) is 0 Å². The van der Waals surface area contributed by atoms with Crippen LogP contribution in [0.4, 0.5) is 0 Å². The van der Waals surface area contributed by atoms with Gasteiger partial charge >= 0.3 is 11.9 Å². The quantitative estimate of drug-likeness (QED) is 0.146. The third-order valence-electron chi connectivity index (χ3n) is 10.2. The second-order valence-electron chi connectivity index (χ2n) is 13.6. The van der Waals surface area contributed by atoms with Crippen LogP contribution < -0.4 is 9.47 Å². The van der Waals surface area contributed by atoms with Gasteiger partial charge in [-0.2, -0.15) is 0 Å². The van der Waals surface area contributed by atoms with Gasteiger partial charge in [0.25, 0.3) is 0 Å². The summed E-state index contributed by atoms with van der Waals surface area (Å²) in [7, 11) is 3.06. The van der Waals surface area contributed by atoms with Crippen molar-refractivity contribution in [1.82, 2.24) is 0 Å². The van der Waals surface area contributed by atoms with E-state index < -0.39 is 17.6 Å². The van der Waals surface area contributed by atoms with E-state index in [2.05, 4.69) is 31.2 Å². The summed E-state index contributed by atoms with van der Waals surface area (Å²) in [5.74, 6) is -0.0275. The van der Waals surface area contributed by atoms with Crippen LogP contribution in [0, 0.1) is 11.3 Å². The van der Waals surface area contributed by atoms with E-state index in [9.17, 15) is 19.8 Å². The molecular weight excluding hydrogens is 620 g/mol. The molecule has 8 heteroatoms. The first kappa shape index (κ1) is 35.8. The normalized spacial score (nSPS) is 23.4. The number of unbranched alkanes of at least 4 members (excludes halogenated alkanes) is 3. The molecule has 5 atom stereocenters. The molecule has 1 saturated carbocycles. The van der Waals surface area contributed by atoms with E-state index >= 15 is 0 Å². The zero-order valence-corrected chi connectivity index (χ0v) is 29.2. The number of ether oxygens (including phenoxy) is 4. The first-order valence-electron chi connectivity index (χ1n) is 17.5. The zero-order valence-electron chi connectivity index (χ0n) is 29.2. The molecular formula is C41H50O8. The number of carbonyl (C=O) groups is 2. The van der Waals surface area contributed by atoms with Crippen molar-refractivity contribution in [1.29, 1.82) is 0 Å². The fraction of sp³-hybridized carbons (Fsp3) is 0.463. The Morgan fingerprint density at radius 2 is 1.63 bits per heavy atom. The molecule has 2 aliphatic carbocycles. The summed E-state index contributed by atoms with van der Waals surface area (Å²) in [4.78, 5) is 26.0. The monoisotopic (exact) mass is 670 g/mol. The predicted octanol–water partition coefficient (Wildman–Crippen LogP) is 8.31. The van der Waals surface area contributed by atoms with Crippen molar-refractivity contribution in [2.24, 2.45) is 11.3 Å². The molecule has 2 N–H and O–H groups in total. The number of fused-ring (bicyclic) bond motifs is 2. The van der Waals surface area contributed by atoms with Gasteiger partial charge in [-0.3, -0.25) is 9.59 Å². The number of aromatic hydroxyl groups is 2. The van der Waals surface area contributed by atoms with Gasteiger partial charge < -0.3 is 29.2 Å². The second-order valence-corrected chi connectivity index (χ2v) is 13.6. The number of phenols is 2. The maximum absolute atomic E-state index is 13.2. The highest BCUT2D eigenvalue weighted by Crippen LogP contribution is 2.54. The van der Waals surface area contributed by atoms with Gasteiger partial charge in [0.15, 0.2) is 23.0 Å². The highest BCUT2D eigenvalue weighted by Gasteiger charge is 2.50. The number of hydrogen-bond donors (Lipinski definition) is 2. The van der Waals surface area contributed by atoms with Crippen LogP contribution in [0.15, 0.2) is 66.7 Å². The van der Waals surface area contributed by atoms with Crippen LogP contribution in [-0.2, 0) is 31.9 Å². The summed E-state index contributed by atoms with van der Waals surface area (Å²) in [6.07, 6.45) is 10.2. The first-order chi connectivity index (χ1) is 23.6. The standard InChI is InChI=1S/C41H50O8/c1-5-6-7-11-14-40(45)49-33-19-31(29-15-16-35(43)38(22-29)46-3)25-41(18-17-28-12-9-8-10-13-28)26-32-21-36(44)39(47-4)23-30(32)20-34(41)37(24-33)48-27(2)42/h8-10,12-13,15-18,21-23,31,33-34,37,43-44H,5-7,11,14,19-20,24-26H2,1-4H3/b18-17+/t31-,33+,34+,37-,41-/m1/s1. The minimum Gasteiger partial charge on any atom is -0.504 e. The molecule has 0 amide bonds. The zero-order chi connectivity index (χ0) is 35.0. The molecule has 0 heterocycles. The Morgan fingerprint density at radius 1 is 0.878 bits per heavy atom. The number of methoxy groups -OCH3 is 2. The molecule has 0 spiro atoms. The summed E-state index contributed by atoms with van der Waals surface area (Å²) < 4.78 is 23.4. The van der Waals surface area contributed by atoms with Crippen molar-refractivity contribution in [3.05, 3.63) is 89.0 Å². The molecule has 49 heavy (non-hydrogen) atoms. The average molecular weight is 671 g/mol. The lowest BCUT2D eigenvalue weighted by Crippen LogP contribution is -2.49. The molecule has 8 nitrogen and oxygen atoms in total. The van der Waals surface area contributed by atoms with E-state index in [1.165, 1.54) is 21.1 Å². The van der Waals surface area contributed by atoms with E-state index in [0.717, 1.165) is 47.9 Å². The molecule has 0 radical (unpaired) electrons. The van der Waals surface area contributed by atoms with E-state index in [0.29, 0.717) is 50.0 Å². The number of phenolic OH excluding ortho intramolecular Hbond substituents is 2. The van der Waals surface area contributed by atoms with Crippen LogP contribution >= 0.6 is 0 Å². The Balaban J connectivity index is 1.64.